The fourth-order valence-electron chi connectivity index (χ4n) is 1.81. The molecule has 1 fully saturated rings. The molecular formula is C11H20N2O2. The molecule has 1 saturated heterocycles. The largest absolute Gasteiger partial charge is 0.345 e. The highest BCUT2D eigenvalue weighted by atomic mass is 16.2. The van der Waals surface area contributed by atoms with Crippen LogP contribution in [0.3, 0.4) is 0 Å². The van der Waals surface area contributed by atoms with Crippen molar-refractivity contribution in [1.82, 2.24) is 10.2 Å². The van der Waals surface area contributed by atoms with E-state index in [1.165, 1.54) is 0 Å². The highest BCUT2D eigenvalue weighted by molar-refractivity contribution is 5.94. The Balaban J connectivity index is 2.80. The summed E-state index contributed by atoms with van der Waals surface area (Å²) >= 11 is 0. The number of amides is 2. The van der Waals surface area contributed by atoms with Crippen molar-refractivity contribution in [3.63, 3.8) is 0 Å². The minimum atomic E-state index is -0.287. The SMILES string of the molecule is CCC1C(=O)NCC(=O)N1CC(C)(C)C. The maximum absolute atomic E-state index is 11.7. The molecule has 1 atom stereocenters. The van der Waals surface area contributed by atoms with Crippen molar-refractivity contribution in [2.24, 2.45) is 5.41 Å². The van der Waals surface area contributed by atoms with E-state index in [1.807, 2.05) is 6.92 Å². The number of carbonyl (C=O) groups is 2. The van der Waals surface area contributed by atoms with Crippen LogP contribution < -0.4 is 5.32 Å². The Bertz CT molecular complexity index is 268. The molecule has 1 rings (SSSR count). The van der Waals surface area contributed by atoms with Gasteiger partial charge in [-0.05, 0) is 11.8 Å². The van der Waals surface area contributed by atoms with Crippen LogP contribution in [0.5, 0.6) is 0 Å². The Kier molecular flexibility index (Phi) is 3.37. The minimum absolute atomic E-state index is 0.0244. The van der Waals surface area contributed by atoms with Gasteiger partial charge in [-0.1, -0.05) is 27.7 Å². The average molecular weight is 212 g/mol. The highest BCUT2D eigenvalue weighted by Gasteiger charge is 2.34. The predicted molar refractivity (Wildman–Crippen MR) is 58.3 cm³/mol. The average Bonchev–Trinajstić information content (AvgIpc) is 2.10. The number of carbonyl (C=O) groups excluding carboxylic acids is 2. The third-order valence-electron chi connectivity index (χ3n) is 2.44. The van der Waals surface area contributed by atoms with Crippen LogP contribution in [0.15, 0.2) is 0 Å². The molecule has 86 valence electrons. The Labute approximate surface area is 91.0 Å². The Hall–Kier alpha value is -1.06. The van der Waals surface area contributed by atoms with Crippen molar-refractivity contribution in [3.8, 4) is 0 Å². The lowest BCUT2D eigenvalue weighted by molar-refractivity contribution is -0.147. The quantitative estimate of drug-likeness (QED) is 0.735. The highest BCUT2D eigenvalue weighted by Crippen LogP contribution is 2.19. The number of nitrogens with zero attached hydrogens (tertiary/aromatic N) is 1. The maximum Gasteiger partial charge on any atom is 0.243 e. The lowest BCUT2D eigenvalue weighted by atomic mass is 9.94. The van der Waals surface area contributed by atoms with Gasteiger partial charge < -0.3 is 10.2 Å². The molecule has 0 radical (unpaired) electrons. The van der Waals surface area contributed by atoms with Gasteiger partial charge in [-0.3, -0.25) is 9.59 Å². The molecule has 1 N–H and O–H groups in total. The fourth-order valence-corrected chi connectivity index (χ4v) is 1.81. The van der Waals surface area contributed by atoms with Crippen LogP contribution in [0.4, 0.5) is 0 Å². The lowest BCUT2D eigenvalue weighted by Gasteiger charge is -2.38. The molecule has 1 unspecified atom stereocenters. The van der Waals surface area contributed by atoms with Gasteiger partial charge in [-0.2, -0.15) is 0 Å². The zero-order chi connectivity index (χ0) is 11.6. The Morgan fingerprint density at radius 3 is 2.47 bits per heavy atom. The number of hydrogen-bond donors (Lipinski definition) is 1. The zero-order valence-corrected chi connectivity index (χ0v) is 9.96. The first kappa shape index (κ1) is 12.0. The monoisotopic (exact) mass is 212 g/mol. The number of rotatable bonds is 2. The van der Waals surface area contributed by atoms with Crippen molar-refractivity contribution >= 4 is 11.8 Å². The van der Waals surface area contributed by atoms with Gasteiger partial charge in [-0.15, -0.1) is 0 Å². The zero-order valence-electron chi connectivity index (χ0n) is 9.96. The standard InChI is InChI=1S/C11H20N2O2/c1-5-8-10(15)12-6-9(14)13(8)7-11(2,3)4/h8H,5-7H2,1-4H3,(H,12,15). The summed E-state index contributed by atoms with van der Waals surface area (Å²) in [4.78, 5) is 25.0. The van der Waals surface area contributed by atoms with E-state index in [0.29, 0.717) is 13.0 Å². The first-order chi connectivity index (χ1) is 6.85. The van der Waals surface area contributed by atoms with Gasteiger partial charge in [0.2, 0.25) is 11.8 Å². The molecule has 0 aromatic heterocycles. The van der Waals surface area contributed by atoms with Crippen molar-refractivity contribution in [3.05, 3.63) is 0 Å². The summed E-state index contributed by atoms with van der Waals surface area (Å²) in [5.74, 6) is -0.00211. The summed E-state index contributed by atoms with van der Waals surface area (Å²) < 4.78 is 0. The molecule has 4 nitrogen and oxygen atoms in total. The molecule has 2 amide bonds. The molecule has 0 bridgehead atoms. The molecular weight excluding hydrogens is 192 g/mol. The van der Waals surface area contributed by atoms with Gasteiger partial charge in [0.15, 0.2) is 0 Å². The molecule has 1 aliphatic heterocycles. The molecule has 0 aromatic rings. The van der Waals surface area contributed by atoms with Crippen molar-refractivity contribution in [2.75, 3.05) is 13.1 Å². The second-order valence-corrected chi connectivity index (χ2v) is 5.22. The van der Waals surface area contributed by atoms with E-state index in [0.717, 1.165) is 0 Å². The van der Waals surface area contributed by atoms with E-state index in [1.54, 1.807) is 4.90 Å². The smallest absolute Gasteiger partial charge is 0.243 e. The van der Waals surface area contributed by atoms with E-state index in [2.05, 4.69) is 26.1 Å². The summed E-state index contributed by atoms with van der Waals surface area (Å²) in [7, 11) is 0. The van der Waals surface area contributed by atoms with Crippen molar-refractivity contribution < 1.29 is 9.59 Å². The molecule has 4 heteroatoms. The van der Waals surface area contributed by atoms with Crippen LogP contribution in [0.2, 0.25) is 0 Å². The summed E-state index contributed by atoms with van der Waals surface area (Å²) in [6.07, 6.45) is 0.674. The summed E-state index contributed by atoms with van der Waals surface area (Å²) in [5.41, 5.74) is 0.0285. The molecule has 0 spiro atoms. The van der Waals surface area contributed by atoms with Crippen LogP contribution in [-0.2, 0) is 9.59 Å². The molecule has 1 aliphatic rings. The van der Waals surface area contributed by atoms with Gasteiger partial charge in [0.25, 0.3) is 0 Å². The third-order valence-corrected chi connectivity index (χ3v) is 2.44. The molecule has 15 heavy (non-hydrogen) atoms. The van der Waals surface area contributed by atoms with Gasteiger partial charge in [0.1, 0.15) is 6.04 Å². The minimum Gasteiger partial charge on any atom is -0.345 e. The predicted octanol–water partition coefficient (Wildman–Crippen LogP) is 0.769. The Morgan fingerprint density at radius 1 is 1.40 bits per heavy atom. The van der Waals surface area contributed by atoms with Crippen LogP contribution in [0, 0.1) is 5.41 Å². The second-order valence-electron chi connectivity index (χ2n) is 5.22. The molecule has 1 heterocycles. The van der Waals surface area contributed by atoms with Crippen LogP contribution in [-0.4, -0.2) is 35.8 Å². The number of piperazine rings is 1. The topological polar surface area (TPSA) is 49.4 Å². The van der Waals surface area contributed by atoms with Gasteiger partial charge in [0.05, 0.1) is 6.54 Å². The van der Waals surface area contributed by atoms with Gasteiger partial charge in [0, 0.05) is 6.54 Å². The summed E-state index contributed by atoms with van der Waals surface area (Å²) in [6.45, 7) is 8.92. The van der Waals surface area contributed by atoms with Gasteiger partial charge in [-0.25, -0.2) is 0 Å². The van der Waals surface area contributed by atoms with Crippen molar-refractivity contribution in [2.45, 2.75) is 40.2 Å². The number of hydrogen-bond acceptors (Lipinski definition) is 2. The van der Waals surface area contributed by atoms with Gasteiger partial charge >= 0.3 is 0 Å². The van der Waals surface area contributed by atoms with E-state index < -0.39 is 0 Å². The first-order valence-electron chi connectivity index (χ1n) is 5.42. The lowest BCUT2D eigenvalue weighted by Crippen LogP contribution is -2.59. The second kappa shape index (κ2) is 4.21. The summed E-state index contributed by atoms with van der Waals surface area (Å²) in [5, 5.41) is 2.62. The number of nitrogens with one attached hydrogen (secondary N) is 1. The molecule has 0 saturated carbocycles. The van der Waals surface area contributed by atoms with E-state index >= 15 is 0 Å². The van der Waals surface area contributed by atoms with E-state index in [9.17, 15) is 9.59 Å². The molecule has 0 aromatic carbocycles. The van der Waals surface area contributed by atoms with E-state index in [-0.39, 0.29) is 29.8 Å². The normalized spacial score (nSPS) is 22.9. The van der Waals surface area contributed by atoms with E-state index in [4.69, 9.17) is 0 Å². The van der Waals surface area contributed by atoms with Crippen LogP contribution in [0.1, 0.15) is 34.1 Å². The fraction of sp³-hybridized carbons (Fsp3) is 0.818. The first-order valence-corrected chi connectivity index (χ1v) is 5.42. The third kappa shape index (κ3) is 2.94. The van der Waals surface area contributed by atoms with Crippen LogP contribution in [0.25, 0.3) is 0 Å². The Morgan fingerprint density at radius 2 is 2.00 bits per heavy atom. The van der Waals surface area contributed by atoms with Crippen LogP contribution >= 0.6 is 0 Å². The maximum atomic E-state index is 11.7. The van der Waals surface area contributed by atoms with Crippen molar-refractivity contribution in [1.29, 1.82) is 0 Å². The molecule has 0 aliphatic carbocycles. The summed E-state index contributed by atoms with van der Waals surface area (Å²) in [6, 6.07) is -0.287.